The van der Waals surface area contributed by atoms with Crippen molar-refractivity contribution in [2.45, 2.75) is 15.2 Å². The van der Waals surface area contributed by atoms with Crippen molar-refractivity contribution in [3.8, 4) is 22.3 Å². The Hall–Kier alpha value is -5.05. The first kappa shape index (κ1) is 24.5. The summed E-state index contributed by atoms with van der Waals surface area (Å²) >= 11 is 1.88. The lowest BCUT2D eigenvalue weighted by Gasteiger charge is -2.40. The summed E-state index contributed by atoms with van der Waals surface area (Å²) < 4.78 is 0. The molecule has 1 atom stereocenters. The van der Waals surface area contributed by atoms with Crippen LogP contribution in [0.1, 0.15) is 22.3 Å². The first-order chi connectivity index (χ1) is 21.3. The number of anilines is 2. The van der Waals surface area contributed by atoms with Gasteiger partial charge in [-0.3, -0.25) is 0 Å². The Bertz CT molecular complexity index is 2180. The minimum absolute atomic E-state index is 0.401. The van der Waals surface area contributed by atoms with Crippen molar-refractivity contribution in [3.63, 3.8) is 0 Å². The zero-order valence-corrected chi connectivity index (χ0v) is 24.2. The second-order valence-corrected chi connectivity index (χ2v) is 12.5. The van der Waals surface area contributed by atoms with Crippen LogP contribution in [0.25, 0.3) is 33.0 Å². The number of benzene rings is 7. The van der Waals surface area contributed by atoms with Crippen molar-refractivity contribution < 1.29 is 0 Å². The maximum atomic E-state index is 3.73. The maximum Gasteiger partial charge on any atom is 0.0736 e. The summed E-state index contributed by atoms with van der Waals surface area (Å²) in [6.45, 7) is 0. The van der Waals surface area contributed by atoms with Gasteiger partial charge in [-0.05, 0) is 91.7 Å². The molecule has 1 aliphatic heterocycles. The van der Waals surface area contributed by atoms with Gasteiger partial charge in [-0.2, -0.15) is 0 Å². The van der Waals surface area contributed by atoms with Crippen LogP contribution >= 0.6 is 11.8 Å². The maximum absolute atomic E-state index is 3.73. The molecule has 0 amide bonds. The van der Waals surface area contributed by atoms with Crippen molar-refractivity contribution in [1.82, 2.24) is 0 Å². The molecular formula is C41H27NS. The largest absolute Gasteiger partial charge is 0.356 e. The van der Waals surface area contributed by atoms with Gasteiger partial charge in [-0.1, -0.05) is 133 Å². The molecule has 0 saturated heterocycles. The summed E-state index contributed by atoms with van der Waals surface area (Å²) in [5.41, 5.74) is 12.3. The van der Waals surface area contributed by atoms with E-state index in [1.165, 1.54) is 65.1 Å². The van der Waals surface area contributed by atoms with Crippen molar-refractivity contribution in [2.75, 3.05) is 5.32 Å². The van der Waals surface area contributed by atoms with E-state index >= 15 is 0 Å². The number of nitrogens with one attached hydrogen (secondary N) is 1. The molecule has 2 heteroatoms. The lowest BCUT2D eigenvalue weighted by Crippen LogP contribution is -2.32. The Kier molecular flexibility index (Phi) is 5.41. The van der Waals surface area contributed by atoms with Crippen molar-refractivity contribution in [3.05, 3.63) is 180 Å². The van der Waals surface area contributed by atoms with Gasteiger partial charge >= 0.3 is 0 Å². The van der Waals surface area contributed by atoms with Crippen LogP contribution in [0.2, 0.25) is 0 Å². The van der Waals surface area contributed by atoms with Crippen LogP contribution in [-0.2, 0) is 5.41 Å². The summed E-state index contributed by atoms with van der Waals surface area (Å²) in [5, 5.41) is 6.32. The van der Waals surface area contributed by atoms with Crippen LogP contribution in [0.4, 0.5) is 11.4 Å². The zero-order valence-electron chi connectivity index (χ0n) is 23.4. The normalized spacial score (nSPS) is 15.9. The van der Waals surface area contributed by atoms with E-state index in [-0.39, 0.29) is 0 Å². The van der Waals surface area contributed by atoms with Crippen LogP contribution < -0.4 is 5.32 Å². The average molecular weight is 566 g/mol. The van der Waals surface area contributed by atoms with Crippen LogP contribution in [0.5, 0.6) is 0 Å². The molecule has 0 saturated carbocycles. The topological polar surface area (TPSA) is 12.0 Å². The Morgan fingerprint density at radius 3 is 2.00 bits per heavy atom. The zero-order chi connectivity index (χ0) is 28.4. The van der Waals surface area contributed by atoms with E-state index in [1.807, 2.05) is 11.8 Å². The summed E-state index contributed by atoms with van der Waals surface area (Å²) in [4.78, 5) is 2.63. The minimum atomic E-state index is -0.401. The summed E-state index contributed by atoms with van der Waals surface area (Å²) in [5.74, 6) is 0. The summed E-state index contributed by atoms with van der Waals surface area (Å²) in [7, 11) is 0. The van der Waals surface area contributed by atoms with Crippen molar-refractivity contribution in [1.29, 1.82) is 0 Å². The molecule has 1 heterocycles. The predicted molar refractivity (Wildman–Crippen MR) is 181 cm³/mol. The van der Waals surface area contributed by atoms with E-state index in [0.29, 0.717) is 0 Å². The van der Waals surface area contributed by atoms with Crippen LogP contribution in [0.15, 0.2) is 168 Å². The Morgan fingerprint density at radius 2 is 1.12 bits per heavy atom. The van der Waals surface area contributed by atoms with E-state index in [0.717, 1.165) is 11.4 Å². The second-order valence-electron chi connectivity index (χ2n) is 11.4. The number of fused-ring (bicyclic) bond motifs is 11. The first-order valence-corrected chi connectivity index (χ1v) is 15.6. The lowest BCUT2D eigenvalue weighted by atomic mass is 9.67. The lowest BCUT2D eigenvalue weighted by molar-refractivity contribution is 0.723. The fourth-order valence-corrected chi connectivity index (χ4v) is 8.46. The summed E-state index contributed by atoms with van der Waals surface area (Å²) in [6, 6.07) is 57.8. The first-order valence-electron chi connectivity index (χ1n) is 14.8. The SMILES string of the molecule is c1ccc(-c2ccc(Nc3ccc4c(c3)C3(c5ccccc5S4)c4ccccc4-c4c3ccc3ccccc43)cc2)cc1. The highest BCUT2D eigenvalue weighted by Gasteiger charge is 2.50. The van der Waals surface area contributed by atoms with Crippen molar-refractivity contribution >= 4 is 33.9 Å². The molecule has 9 rings (SSSR count). The molecule has 0 fully saturated rings. The molecule has 1 unspecified atom stereocenters. The molecule has 2 aliphatic rings. The third kappa shape index (κ3) is 3.60. The molecule has 0 bridgehead atoms. The van der Waals surface area contributed by atoms with E-state index < -0.39 is 5.41 Å². The van der Waals surface area contributed by atoms with Crippen LogP contribution in [0.3, 0.4) is 0 Å². The molecule has 0 aromatic heterocycles. The monoisotopic (exact) mass is 565 g/mol. The van der Waals surface area contributed by atoms with Crippen LogP contribution in [0, 0.1) is 0 Å². The van der Waals surface area contributed by atoms with Gasteiger partial charge in [0.25, 0.3) is 0 Å². The molecule has 0 radical (unpaired) electrons. The van der Waals surface area contributed by atoms with Gasteiger partial charge in [0.15, 0.2) is 0 Å². The summed E-state index contributed by atoms with van der Waals surface area (Å²) in [6.07, 6.45) is 0. The van der Waals surface area contributed by atoms with Gasteiger partial charge in [-0.15, -0.1) is 0 Å². The van der Waals surface area contributed by atoms with E-state index in [2.05, 4.69) is 163 Å². The fraction of sp³-hybridized carbons (Fsp3) is 0.0244. The third-order valence-corrected chi connectivity index (χ3v) is 10.3. The molecule has 202 valence electrons. The molecular weight excluding hydrogens is 539 g/mol. The number of hydrogen-bond acceptors (Lipinski definition) is 2. The van der Waals surface area contributed by atoms with E-state index in [4.69, 9.17) is 0 Å². The van der Waals surface area contributed by atoms with Gasteiger partial charge in [0.05, 0.1) is 5.41 Å². The van der Waals surface area contributed by atoms with Crippen LogP contribution in [-0.4, -0.2) is 0 Å². The molecule has 7 aromatic rings. The van der Waals surface area contributed by atoms with Gasteiger partial charge in [0.1, 0.15) is 0 Å². The molecule has 1 nitrogen and oxygen atoms in total. The smallest absolute Gasteiger partial charge is 0.0736 e. The predicted octanol–water partition coefficient (Wildman–Crippen LogP) is 11.1. The van der Waals surface area contributed by atoms with E-state index in [9.17, 15) is 0 Å². The Morgan fingerprint density at radius 1 is 0.442 bits per heavy atom. The van der Waals surface area contributed by atoms with Gasteiger partial charge < -0.3 is 5.32 Å². The van der Waals surface area contributed by atoms with E-state index in [1.54, 1.807) is 0 Å². The highest BCUT2D eigenvalue weighted by Crippen LogP contribution is 2.63. The molecule has 1 spiro atoms. The third-order valence-electron chi connectivity index (χ3n) is 9.11. The number of hydrogen-bond donors (Lipinski definition) is 1. The Labute approximate surface area is 255 Å². The van der Waals surface area contributed by atoms with Gasteiger partial charge in [0.2, 0.25) is 0 Å². The Balaban J connectivity index is 1.25. The standard InChI is InChI=1S/C41H27NS/c1-2-10-27(11-3-1)28-18-21-30(22-19-28)42-31-23-25-39-37(26-31)41(35-16-8-9-17-38(35)43-39)34-15-7-6-14-33(34)40-32-13-5-4-12-29(32)20-24-36(40)41/h1-26,42H. The average Bonchev–Trinajstić information content (AvgIpc) is 3.37. The quantitative estimate of drug-likeness (QED) is 0.229. The highest BCUT2D eigenvalue weighted by atomic mass is 32.2. The van der Waals surface area contributed by atoms with Gasteiger partial charge in [0, 0.05) is 21.2 Å². The highest BCUT2D eigenvalue weighted by molar-refractivity contribution is 7.99. The second kappa shape index (κ2) is 9.49. The number of rotatable bonds is 3. The van der Waals surface area contributed by atoms with Crippen molar-refractivity contribution in [2.24, 2.45) is 0 Å². The molecule has 1 aliphatic carbocycles. The molecule has 1 N–H and O–H groups in total. The van der Waals surface area contributed by atoms with Gasteiger partial charge in [-0.25, -0.2) is 0 Å². The minimum Gasteiger partial charge on any atom is -0.356 e. The molecule has 7 aromatic carbocycles. The molecule has 43 heavy (non-hydrogen) atoms. The fourth-order valence-electron chi connectivity index (χ4n) is 7.29.